The Morgan fingerprint density at radius 2 is 2.05 bits per heavy atom. The Balaban J connectivity index is 2.01. The van der Waals surface area contributed by atoms with Crippen molar-refractivity contribution in [3.63, 3.8) is 0 Å². The lowest BCUT2D eigenvalue weighted by Crippen LogP contribution is -2.37. The summed E-state index contributed by atoms with van der Waals surface area (Å²) in [6.07, 6.45) is -0.734. The van der Waals surface area contributed by atoms with E-state index in [1.807, 2.05) is 0 Å². The van der Waals surface area contributed by atoms with Gasteiger partial charge in [-0.05, 0) is 24.3 Å². The van der Waals surface area contributed by atoms with E-state index in [1.54, 1.807) is 30.3 Å². The number of carbonyl (C=O) groups excluding carboxylic acids is 1. The largest absolute Gasteiger partial charge is 0.493 e. The van der Waals surface area contributed by atoms with Crippen LogP contribution in [0.3, 0.4) is 0 Å². The second-order valence-electron chi connectivity index (χ2n) is 4.36. The Morgan fingerprint density at radius 3 is 2.80 bits per heavy atom. The fourth-order valence-corrected chi connectivity index (χ4v) is 2.14. The van der Waals surface area contributed by atoms with Gasteiger partial charge in [0.2, 0.25) is 0 Å². The van der Waals surface area contributed by atoms with Crippen molar-refractivity contribution < 1.29 is 18.7 Å². The minimum atomic E-state index is -0.734. The second-order valence-corrected chi connectivity index (χ2v) is 4.36. The van der Waals surface area contributed by atoms with Crippen molar-refractivity contribution >= 4 is 5.91 Å². The van der Waals surface area contributed by atoms with Gasteiger partial charge in [0.25, 0.3) is 5.91 Å². The van der Waals surface area contributed by atoms with E-state index in [-0.39, 0.29) is 11.7 Å². The van der Waals surface area contributed by atoms with E-state index in [0.29, 0.717) is 22.6 Å². The van der Waals surface area contributed by atoms with Crippen LogP contribution in [0.5, 0.6) is 11.5 Å². The SMILES string of the molecule is COc1cccc2c1O[C@@H](c1cccc(F)c1)NC2=O. The highest BCUT2D eigenvalue weighted by atomic mass is 19.1. The monoisotopic (exact) mass is 273 g/mol. The lowest BCUT2D eigenvalue weighted by molar-refractivity contribution is 0.0745. The number of fused-ring (bicyclic) bond motifs is 1. The van der Waals surface area contributed by atoms with Gasteiger partial charge in [0, 0.05) is 5.56 Å². The fraction of sp³-hybridized carbons (Fsp3) is 0.133. The summed E-state index contributed by atoms with van der Waals surface area (Å²) in [5.74, 6) is 0.178. The molecule has 1 aliphatic rings. The van der Waals surface area contributed by atoms with Gasteiger partial charge in [0.15, 0.2) is 17.7 Å². The summed E-state index contributed by atoms with van der Waals surface area (Å²) in [5, 5.41) is 2.68. The van der Waals surface area contributed by atoms with Gasteiger partial charge in [0.05, 0.1) is 12.7 Å². The van der Waals surface area contributed by atoms with Gasteiger partial charge in [-0.15, -0.1) is 0 Å². The first kappa shape index (κ1) is 12.5. The zero-order chi connectivity index (χ0) is 14.1. The third-order valence-corrected chi connectivity index (χ3v) is 3.09. The van der Waals surface area contributed by atoms with Crippen molar-refractivity contribution in [3.05, 3.63) is 59.4 Å². The molecule has 1 atom stereocenters. The summed E-state index contributed by atoms with van der Waals surface area (Å²) in [4.78, 5) is 12.1. The summed E-state index contributed by atoms with van der Waals surface area (Å²) < 4.78 is 24.2. The van der Waals surface area contributed by atoms with E-state index >= 15 is 0 Å². The molecule has 1 amide bonds. The summed E-state index contributed by atoms with van der Waals surface area (Å²) in [6.45, 7) is 0. The van der Waals surface area contributed by atoms with Crippen LogP contribution in [0.15, 0.2) is 42.5 Å². The van der Waals surface area contributed by atoms with Gasteiger partial charge in [-0.3, -0.25) is 4.79 Å². The smallest absolute Gasteiger partial charge is 0.258 e. The number of amides is 1. The first-order valence-corrected chi connectivity index (χ1v) is 6.09. The standard InChI is InChI=1S/C15H12FNO3/c1-19-12-7-3-6-11-13(12)20-15(17-14(11)18)9-4-2-5-10(16)8-9/h2-8,15H,1H3,(H,17,18)/t15-/m0/s1. The van der Waals surface area contributed by atoms with Crippen molar-refractivity contribution in [3.8, 4) is 11.5 Å². The molecule has 1 heterocycles. The lowest BCUT2D eigenvalue weighted by atomic mass is 10.1. The van der Waals surface area contributed by atoms with E-state index in [1.165, 1.54) is 19.2 Å². The summed E-state index contributed by atoms with van der Waals surface area (Å²) in [7, 11) is 1.50. The van der Waals surface area contributed by atoms with Crippen LogP contribution in [-0.4, -0.2) is 13.0 Å². The summed E-state index contributed by atoms with van der Waals surface area (Å²) in [5.41, 5.74) is 0.937. The first-order valence-electron chi connectivity index (χ1n) is 6.09. The average Bonchev–Trinajstić information content (AvgIpc) is 2.46. The summed E-state index contributed by atoms with van der Waals surface area (Å²) >= 11 is 0. The highest BCUT2D eigenvalue weighted by Gasteiger charge is 2.29. The zero-order valence-electron chi connectivity index (χ0n) is 10.7. The Hall–Kier alpha value is -2.56. The molecular formula is C15H12FNO3. The number of hydrogen-bond acceptors (Lipinski definition) is 3. The maximum atomic E-state index is 13.3. The molecule has 1 N–H and O–H groups in total. The molecule has 0 aliphatic carbocycles. The minimum Gasteiger partial charge on any atom is -0.493 e. The Labute approximate surface area is 115 Å². The molecule has 2 aromatic carbocycles. The van der Waals surface area contributed by atoms with Gasteiger partial charge < -0.3 is 14.8 Å². The van der Waals surface area contributed by atoms with Crippen LogP contribution in [0.1, 0.15) is 22.1 Å². The van der Waals surface area contributed by atoms with Crippen molar-refractivity contribution in [2.75, 3.05) is 7.11 Å². The van der Waals surface area contributed by atoms with Crippen molar-refractivity contribution in [1.29, 1.82) is 0 Å². The molecule has 102 valence electrons. The molecule has 0 aromatic heterocycles. The van der Waals surface area contributed by atoms with Crippen LogP contribution in [-0.2, 0) is 0 Å². The third kappa shape index (κ3) is 2.07. The number of carbonyl (C=O) groups is 1. The van der Waals surface area contributed by atoms with Gasteiger partial charge in [0.1, 0.15) is 5.82 Å². The van der Waals surface area contributed by atoms with Gasteiger partial charge in [-0.1, -0.05) is 18.2 Å². The molecule has 4 nitrogen and oxygen atoms in total. The Kier molecular flexibility index (Phi) is 3.02. The predicted molar refractivity (Wildman–Crippen MR) is 70.2 cm³/mol. The minimum absolute atomic E-state index is 0.278. The second kappa shape index (κ2) is 4.85. The molecule has 0 unspecified atom stereocenters. The highest BCUT2D eigenvalue weighted by molar-refractivity contribution is 5.98. The number of para-hydroxylation sites is 1. The van der Waals surface area contributed by atoms with E-state index in [2.05, 4.69) is 5.32 Å². The number of nitrogens with one attached hydrogen (secondary N) is 1. The third-order valence-electron chi connectivity index (χ3n) is 3.09. The maximum Gasteiger partial charge on any atom is 0.258 e. The molecular weight excluding hydrogens is 261 g/mol. The Bertz CT molecular complexity index is 672. The van der Waals surface area contributed by atoms with Crippen molar-refractivity contribution in [2.24, 2.45) is 0 Å². The van der Waals surface area contributed by atoms with Gasteiger partial charge in [-0.25, -0.2) is 4.39 Å². The lowest BCUT2D eigenvalue weighted by Gasteiger charge is -2.28. The molecule has 20 heavy (non-hydrogen) atoms. The summed E-state index contributed by atoms with van der Waals surface area (Å²) in [6, 6.07) is 11.0. The van der Waals surface area contributed by atoms with Crippen molar-refractivity contribution in [1.82, 2.24) is 5.32 Å². The molecule has 0 saturated heterocycles. The number of ether oxygens (including phenoxy) is 2. The molecule has 5 heteroatoms. The van der Waals surface area contributed by atoms with Crippen LogP contribution in [0, 0.1) is 5.82 Å². The van der Waals surface area contributed by atoms with Gasteiger partial charge in [-0.2, -0.15) is 0 Å². The van der Waals surface area contributed by atoms with Crippen molar-refractivity contribution in [2.45, 2.75) is 6.23 Å². The molecule has 0 saturated carbocycles. The molecule has 2 aromatic rings. The molecule has 0 radical (unpaired) electrons. The van der Waals surface area contributed by atoms with Crippen LogP contribution in [0.2, 0.25) is 0 Å². The number of hydrogen-bond donors (Lipinski definition) is 1. The molecule has 0 fully saturated rings. The number of benzene rings is 2. The topological polar surface area (TPSA) is 47.6 Å². The first-order chi connectivity index (χ1) is 9.69. The quantitative estimate of drug-likeness (QED) is 0.915. The zero-order valence-corrected chi connectivity index (χ0v) is 10.7. The van der Waals surface area contributed by atoms with Crippen LogP contribution < -0.4 is 14.8 Å². The molecule has 3 rings (SSSR count). The maximum absolute atomic E-state index is 13.3. The normalized spacial score (nSPS) is 16.9. The average molecular weight is 273 g/mol. The highest BCUT2D eigenvalue weighted by Crippen LogP contribution is 2.37. The predicted octanol–water partition coefficient (Wildman–Crippen LogP) is 2.66. The van der Waals surface area contributed by atoms with E-state index < -0.39 is 6.23 Å². The number of halogens is 1. The van der Waals surface area contributed by atoms with Crippen LogP contribution in [0.25, 0.3) is 0 Å². The number of methoxy groups -OCH3 is 1. The van der Waals surface area contributed by atoms with Gasteiger partial charge >= 0.3 is 0 Å². The fourth-order valence-electron chi connectivity index (χ4n) is 2.14. The van der Waals surface area contributed by atoms with E-state index in [0.717, 1.165) is 0 Å². The Morgan fingerprint density at radius 1 is 1.25 bits per heavy atom. The molecule has 0 bridgehead atoms. The van der Waals surface area contributed by atoms with Crippen LogP contribution in [0.4, 0.5) is 4.39 Å². The van der Waals surface area contributed by atoms with Crippen LogP contribution >= 0.6 is 0 Å². The van der Waals surface area contributed by atoms with E-state index in [4.69, 9.17) is 9.47 Å². The molecule has 0 spiro atoms. The molecule has 1 aliphatic heterocycles. The number of rotatable bonds is 2. The van der Waals surface area contributed by atoms with E-state index in [9.17, 15) is 9.18 Å².